The number of phosphoric ester groups is 1. The van der Waals surface area contributed by atoms with Crippen LogP contribution >= 0.6 is 7.82 Å². The highest BCUT2D eigenvalue weighted by atomic mass is 31.2. The maximum atomic E-state index is 12.7. The Hall–Kier alpha value is -2.85. The Morgan fingerprint density at radius 3 is 1.28 bits per heavy atom. The summed E-state index contributed by atoms with van der Waals surface area (Å²) in [4.78, 5) is 35.1. The molecule has 0 aliphatic carbocycles. The third-order valence-corrected chi connectivity index (χ3v) is 10.5. The average Bonchev–Trinajstić information content (AvgIpc) is 3.25. The summed E-state index contributed by atoms with van der Waals surface area (Å²) in [5.41, 5.74) is 0. The monoisotopic (exact) mass is 877 g/mol. The molecule has 0 amide bonds. The van der Waals surface area contributed by atoms with Crippen molar-refractivity contribution >= 4 is 19.8 Å². The fourth-order valence-corrected chi connectivity index (χ4v) is 6.79. The molecule has 0 aliphatic heterocycles. The van der Waals surface area contributed by atoms with Crippen molar-refractivity contribution in [1.82, 2.24) is 0 Å². The van der Waals surface area contributed by atoms with E-state index < -0.39 is 51.8 Å². The number of ether oxygens (including phenoxy) is 2. The number of aliphatic hydroxyl groups is 2. The van der Waals surface area contributed by atoms with Crippen LogP contribution in [0.4, 0.5) is 0 Å². The molecule has 0 aromatic carbocycles. The molecule has 10 nitrogen and oxygen atoms in total. The van der Waals surface area contributed by atoms with Gasteiger partial charge in [0.2, 0.25) is 0 Å². The summed E-state index contributed by atoms with van der Waals surface area (Å²) >= 11 is 0. The van der Waals surface area contributed by atoms with Gasteiger partial charge in [0.05, 0.1) is 19.8 Å². The zero-order chi connectivity index (χ0) is 44.8. The number of hydrogen-bond donors (Lipinski definition) is 3. The second-order valence-electron chi connectivity index (χ2n) is 15.4. The predicted molar refractivity (Wildman–Crippen MR) is 251 cm³/mol. The molecule has 0 aromatic rings. The largest absolute Gasteiger partial charge is 0.472 e. The van der Waals surface area contributed by atoms with Crippen LogP contribution in [0.25, 0.3) is 0 Å². The summed E-state index contributed by atoms with van der Waals surface area (Å²) in [6.07, 6.45) is 54.0. The SMILES string of the molecule is CC/C=C\C/C=C\C/C=C\C/C=C\CCCCCCCCCCCCC(=O)OC(COC(=O)CCCCCCC/C=C\C/C=C\C/C=C\CC)COP(=O)(O)OCC(O)CO. The average molecular weight is 877 g/mol. The van der Waals surface area contributed by atoms with Gasteiger partial charge in [0.25, 0.3) is 0 Å². The highest BCUT2D eigenvalue weighted by molar-refractivity contribution is 7.47. The summed E-state index contributed by atoms with van der Waals surface area (Å²) in [5, 5.41) is 18.4. The Kier molecular flexibility index (Phi) is 43.1. The molecule has 0 bridgehead atoms. The van der Waals surface area contributed by atoms with Crippen molar-refractivity contribution in [2.45, 2.75) is 193 Å². The summed E-state index contributed by atoms with van der Waals surface area (Å²) in [6, 6.07) is 0. The van der Waals surface area contributed by atoms with Crippen LogP contribution < -0.4 is 0 Å². The molecule has 3 atom stereocenters. The summed E-state index contributed by atoms with van der Waals surface area (Å²) in [7, 11) is -4.63. The maximum absolute atomic E-state index is 12.7. The third kappa shape index (κ3) is 45.0. The number of allylic oxidation sites excluding steroid dienone is 14. The van der Waals surface area contributed by atoms with Crippen molar-refractivity contribution in [3.8, 4) is 0 Å². The summed E-state index contributed by atoms with van der Waals surface area (Å²) in [6.45, 7) is 2.13. The van der Waals surface area contributed by atoms with Crippen molar-refractivity contribution in [1.29, 1.82) is 0 Å². The lowest BCUT2D eigenvalue weighted by Crippen LogP contribution is -2.29. The normalized spacial score (nSPS) is 14.5. The van der Waals surface area contributed by atoms with Gasteiger partial charge in [-0.3, -0.25) is 18.6 Å². The number of hydrogen-bond acceptors (Lipinski definition) is 9. The van der Waals surface area contributed by atoms with E-state index in [1.807, 2.05) is 0 Å². The molecule has 0 radical (unpaired) electrons. The highest BCUT2D eigenvalue weighted by Crippen LogP contribution is 2.43. The second-order valence-corrected chi connectivity index (χ2v) is 16.8. The quantitative estimate of drug-likeness (QED) is 0.0234. The van der Waals surface area contributed by atoms with Gasteiger partial charge < -0.3 is 24.6 Å². The molecule has 0 saturated carbocycles. The Balaban J connectivity index is 4.25. The van der Waals surface area contributed by atoms with Gasteiger partial charge in [0.1, 0.15) is 12.7 Å². The van der Waals surface area contributed by atoms with Crippen molar-refractivity contribution in [2.24, 2.45) is 0 Å². The zero-order valence-corrected chi connectivity index (χ0v) is 39.0. The third-order valence-electron chi connectivity index (χ3n) is 9.54. The molecular weight excluding hydrogens is 792 g/mol. The standard InChI is InChI=1S/C50H85O10P/c1-3-5-7-9-11-13-15-17-19-20-21-22-23-24-25-26-28-30-32-34-36-38-40-42-50(54)60-48(46-59-61(55,56)58-44-47(52)43-51)45-57-49(53)41-39-37-35-33-31-29-27-18-16-14-12-10-8-6-4-2/h5-8,11-14,17-19,21-22,27,47-48,51-52H,3-4,9-10,15-16,20,23-26,28-46H2,1-2H3,(H,55,56)/b7-5-,8-6-,13-11-,14-12-,19-17-,22-21-,27-18-. The molecule has 0 rings (SSSR count). The van der Waals surface area contributed by atoms with E-state index in [2.05, 4.69) is 98.9 Å². The number of carbonyl (C=O) groups excluding carboxylic acids is 2. The number of phosphoric acid groups is 1. The van der Waals surface area contributed by atoms with Crippen LogP contribution in [0.15, 0.2) is 85.1 Å². The van der Waals surface area contributed by atoms with Gasteiger partial charge in [-0.05, 0) is 83.5 Å². The number of unbranched alkanes of at least 4 members (excludes halogenated alkanes) is 15. The lowest BCUT2D eigenvalue weighted by molar-refractivity contribution is -0.161. The molecule has 11 heteroatoms. The lowest BCUT2D eigenvalue weighted by atomic mass is 10.0. The molecule has 0 spiro atoms. The Labute approximate surface area is 371 Å². The second kappa shape index (κ2) is 45.2. The van der Waals surface area contributed by atoms with E-state index in [4.69, 9.17) is 23.6 Å². The van der Waals surface area contributed by atoms with Crippen LogP contribution in [0.1, 0.15) is 181 Å². The number of carbonyl (C=O) groups is 2. The molecule has 3 N–H and O–H groups in total. The van der Waals surface area contributed by atoms with Crippen LogP contribution in [0.5, 0.6) is 0 Å². The smallest absolute Gasteiger partial charge is 0.462 e. The number of aliphatic hydroxyl groups excluding tert-OH is 2. The fraction of sp³-hybridized carbons (Fsp3) is 0.680. The maximum Gasteiger partial charge on any atom is 0.472 e. The van der Waals surface area contributed by atoms with Gasteiger partial charge >= 0.3 is 19.8 Å². The molecule has 61 heavy (non-hydrogen) atoms. The Morgan fingerprint density at radius 2 is 0.852 bits per heavy atom. The molecule has 0 fully saturated rings. The van der Waals surface area contributed by atoms with Crippen molar-refractivity contribution in [3.63, 3.8) is 0 Å². The van der Waals surface area contributed by atoms with Crippen molar-refractivity contribution in [2.75, 3.05) is 26.4 Å². The van der Waals surface area contributed by atoms with E-state index in [-0.39, 0.29) is 19.4 Å². The van der Waals surface area contributed by atoms with Crippen LogP contribution in [-0.4, -0.2) is 65.7 Å². The molecule has 350 valence electrons. The first-order valence-corrected chi connectivity index (χ1v) is 25.0. The zero-order valence-electron chi connectivity index (χ0n) is 38.1. The van der Waals surface area contributed by atoms with E-state index in [1.54, 1.807) is 0 Å². The van der Waals surface area contributed by atoms with E-state index in [0.717, 1.165) is 103 Å². The fourth-order valence-electron chi connectivity index (χ4n) is 6.00. The lowest BCUT2D eigenvalue weighted by Gasteiger charge is -2.20. The minimum Gasteiger partial charge on any atom is -0.462 e. The molecule has 0 aromatic heterocycles. The van der Waals surface area contributed by atoms with E-state index >= 15 is 0 Å². The van der Waals surface area contributed by atoms with Crippen LogP contribution in [0.2, 0.25) is 0 Å². The van der Waals surface area contributed by atoms with E-state index in [0.29, 0.717) is 12.8 Å². The van der Waals surface area contributed by atoms with Crippen molar-refractivity contribution < 1.29 is 47.8 Å². The van der Waals surface area contributed by atoms with Crippen LogP contribution in [0, 0.1) is 0 Å². The van der Waals surface area contributed by atoms with Crippen LogP contribution in [-0.2, 0) is 32.7 Å². The Morgan fingerprint density at radius 1 is 0.492 bits per heavy atom. The predicted octanol–water partition coefficient (Wildman–Crippen LogP) is 13.0. The molecule has 0 heterocycles. The van der Waals surface area contributed by atoms with Gasteiger partial charge in [-0.2, -0.15) is 0 Å². The number of esters is 2. The van der Waals surface area contributed by atoms with E-state index in [1.165, 1.54) is 38.5 Å². The molecular formula is C50H85O10P. The van der Waals surface area contributed by atoms with Gasteiger partial charge in [-0.1, -0.05) is 170 Å². The highest BCUT2D eigenvalue weighted by Gasteiger charge is 2.27. The first-order valence-electron chi connectivity index (χ1n) is 23.5. The molecule has 0 aliphatic rings. The summed E-state index contributed by atoms with van der Waals surface area (Å²) in [5.74, 6) is -0.955. The van der Waals surface area contributed by atoms with Gasteiger partial charge in [0.15, 0.2) is 6.10 Å². The molecule has 3 unspecified atom stereocenters. The first kappa shape index (κ1) is 58.1. The van der Waals surface area contributed by atoms with Gasteiger partial charge in [-0.15, -0.1) is 0 Å². The number of rotatable bonds is 43. The Bertz CT molecular complexity index is 1280. The minimum atomic E-state index is -4.63. The van der Waals surface area contributed by atoms with Crippen LogP contribution in [0.3, 0.4) is 0 Å². The minimum absolute atomic E-state index is 0.170. The van der Waals surface area contributed by atoms with E-state index in [9.17, 15) is 24.2 Å². The van der Waals surface area contributed by atoms with Gasteiger partial charge in [0, 0.05) is 12.8 Å². The topological polar surface area (TPSA) is 149 Å². The molecule has 0 saturated heterocycles. The summed E-state index contributed by atoms with van der Waals surface area (Å²) < 4.78 is 32.8. The first-order chi connectivity index (χ1) is 29.7. The van der Waals surface area contributed by atoms with Crippen molar-refractivity contribution in [3.05, 3.63) is 85.1 Å². The van der Waals surface area contributed by atoms with Gasteiger partial charge in [-0.25, -0.2) is 4.57 Å².